The number of hydrogen-bond donors (Lipinski definition) is 1. The van der Waals surface area contributed by atoms with Crippen LogP contribution in [0.15, 0.2) is 24.4 Å². The van der Waals surface area contributed by atoms with Crippen LogP contribution in [0.2, 0.25) is 0 Å². The monoisotopic (exact) mass is 304 g/mol. The Morgan fingerprint density at radius 3 is 2.68 bits per heavy atom. The average Bonchev–Trinajstić information content (AvgIpc) is 3.07. The van der Waals surface area contributed by atoms with E-state index in [1.54, 1.807) is 0 Å². The molecule has 1 N–H and O–H groups in total. The first-order chi connectivity index (χ1) is 8.43. The highest BCUT2D eigenvalue weighted by atomic mass is 35.5. The Kier molecular flexibility index (Phi) is 7.08. The summed E-state index contributed by atoms with van der Waals surface area (Å²) >= 11 is 0. The first kappa shape index (κ1) is 16.7. The average molecular weight is 305 g/mol. The van der Waals surface area contributed by atoms with E-state index in [9.17, 15) is 0 Å². The molecule has 2 heterocycles. The number of pyridine rings is 1. The lowest BCUT2D eigenvalue weighted by Gasteiger charge is -2.17. The first-order valence-electron chi connectivity index (χ1n) is 6.63. The lowest BCUT2D eigenvalue weighted by molar-refractivity contribution is 0.0916. The van der Waals surface area contributed by atoms with Crippen molar-refractivity contribution in [1.29, 1.82) is 0 Å². The van der Waals surface area contributed by atoms with E-state index >= 15 is 0 Å². The summed E-state index contributed by atoms with van der Waals surface area (Å²) in [5.74, 6) is 1.97. The zero-order valence-electron chi connectivity index (χ0n) is 11.0. The van der Waals surface area contributed by atoms with Crippen LogP contribution < -0.4 is 5.32 Å². The van der Waals surface area contributed by atoms with Crippen molar-refractivity contribution in [3.63, 3.8) is 0 Å². The van der Waals surface area contributed by atoms with Gasteiger partial charge in [0.1, 0.15) is 0 Å². The highest BCUT2D eigenvalue weighted by Crippen LogP contribution is 2.30. The summed E-state index contributed by atoms with van der Waals surface area (Å²) in [6.07, 6.45) is 4.62. The lowest BCUT2D eigenvalue weighted by Crippen LogP contribution is -2.19. The fraction of sp³-hybridized carbons (Fsp3) is 0.643. The standard InChI is InChI=1S/C14H20N2O.2ClH/c1-2-6-16-14(3-1)13-8-15-7-12(13)10-17-9-11-4-5-11;;/h1-3,6,11-13,15H,4-5,7-10H2;2*1H. The van der Waals surface area contributed by atoms with Crippen LogP contribution in [0.3, 0.4) is 0 Å². The molecule has 1 aliphatic carbocycles. The SMILES string of the molecule is Cl.Cl.c1ccc(C2CNCC2COCC2CC2)nc1. The highest BCUT2D eigenvalue weighted by molar-refractivity contribution is 5.85. The summed E-state index contributed by atoms with van der Waals surface area (Å²) in [5.41, 5.74) is 1.21. The van der Waals surface area contributed by atoms with Crippen LogP contribution >= 0.6 is 24.8 Å². The predicted molar refractivity (Wildman–Crippen MR) is 81.4 cm³/mol. The van der Waals surface area contributed by atoms with Crippen LogP contribution in [0.25, 0.3) is 0 Å². The van der Waals surface area contributed by atoms with Crippen LogP contribution in [0.1, 0.15) is 24.5 Å². The molecule has 2 fully saturated rings. The summed E-state index contributed by atoms with van der Waals surface area (Å²) in [7, 11) is 0. The van der Waals surface area contributed by atoms with E-state index < -0.39 is 0 Å². The molecule has 2 aliphatic rings. The Hall–Kier alpha value is -0.350. The number of nitrogens with one attached hydrogen (secondary N) is 1. The maximum Gasteiger partial charge on any atom is 0.0513 e. The zero-order valence-corrected chi connectivity index (χ0v) is 12.6. The Morgan fingerprint density at radius 2 is 2.00 bits per heavy atom. The molecule has 1 aromatic rings. The van der Waals surface area contributed by atoms with Crippen molar-refractivity contribution < 1.29 is 4.74 Å². The molecule has 0 spiro atoms. The molecule has 1 aliphatic heterocycles. The van der Waals surface area contributed by atoms with Gasteiger partial charge in [-0.15, -0.1) is 24.8 Å². The Balaban J connectivity index is 0.000000902. The van der Waals surface area contributed by atoms with Crippen LogP contribution in [0.5, 0.6) is 0 Å². The third kappa shape index (κ3) is 4.60. The largest absolute Gasteiger partial charge is 0.381 e. The molecule has 0 radical (unpaired) electrons. The summed E-state index contributed by atoms with van der Waals surface area (Å²) in [5, 5.41) is 3.45. The van der Waals surface area contributed by atoms with E-state index in [1.807, 2.05) is 12.3 Å². The second kappa shape index (κ2) is 8.05. The van der Waals surface area contributed by atoms with Crippen molar-refractivity contribution in [2.45, 2.75) is 18.8 Å². The van der Waals surface area contributed by atoms with Gasteiger partial charge in [0.15, 0.2) is 0 Å². The normalized spacial score (nSPS) is 25.5. The third-order valence-electron chi connectivity index (χ3n) is 3.79. The Labute approximate surface area is 127 Å². The van der Waals surface area contributed by atoms with Crippen molar-refractivity contribution in [3.8, 4) is 0 Å². The van der Waals surface area contributed by atoms with Gasteiger partial charge in [0.2, 0.25) is 0 Å². The van der Waals surface area contributed by atoms with Crippen LogP contribution in [-0.2, 0) is 4.74 Å². The molecule has 3 nitrogen and oxygen atoms in total. The van der Waals surface area contributed by atoms with E-state index in [1.165, 1.54) is 18.5 Å². The van der Waals surface area contributed by atoms with E-state index in [0.29, 0.717) is 11.8 Å². The van der Waals surface area contributed by atoms with E-state index in [0.717, 1.165) is 32.2 Å². The Morgan fingerprint density at radius 1 is 1.16 bits per heavy atom. The minimum absolute atomic E-state index is 0. The van der Waals surface area contributed by atoms with Gasteiger partial charge >= 0.3 is 0 Å². The van der Waals surface area contributed by atoms with Gasteiger partial charge < -0.3 is 10.1 Å². The second-order valence-electron chi connectivity index (χ2n) is 5.26. The predicted octanol–water partition coefficient (Wildman–Crippen LogP) is 2.65. The van der Waals surface area contributed by atoms with Gasteiger partial charge in [0.25, 0.3) is 0 Å². The van der Waals surface area contributed by atoms with Crippen molar-refractivity contribution in [2.75, 3.05) is 26.3 Å². The van der Waals surface area contributed by atoms with Crippen molar-refractivity contribution in [3.05, 3.63) is 30.1 Å². The molecule has 3 rings (SSSR count). The molecule has 19 heavy (non-hydrogen) atoms. The quantitative estimate of drug-likeness (QED) is 0.908. The van der Waals surface area contributed by atoms with Gasteiger partial charge in [-0.25, -0.2) is 0 Å². The van der Waals surface area contributed by atoms with E-state index in [-0.39, 0.29) is 24.8 Å². The molecule has 1 saturated heterocycles. The molecule has 1 aromatic heterocycles. The van der Waals surface area contributed by atoms with Crippen LogP contribution in [-0.4, -0.2) is 31.3 Å². The summed E-state index contributed by atoms with van der Waals surface area (Å²) in [6, 6.07) is 6.18. The molecular weight excluding hydrogens is 283 g/mol. The minimum atomic E-state index is 0. The molecule has 0 amide bonds. The topological polar surface area (TPSA) is 34.1 Å². The number of hydrogen-bond acceptors (Lipinski definition) is 3. The fourth-order valence-electron chi connectivity index (χ4n) is 2.52. The third-order valence-corrected chi connectivity index (χ3v) is 3.79. The maximum absolute atomic E-state index is 5.83. The van der Waals surface area contributed by atoms with E-state index in [4.69, 9.17) is 4.74 Å². The second-order valence-corrected chi connectivity index (χ2v) is 5.26. The van der Waals surface area contributed by atoms with E-state index in [2.05, 4.69) is 22.4 Å². The first-order valence-corrected chi connectivity index (χ1v) is 6.63. The van der Waals surface area contributed by atoms with Crippen LogP contribution in [0.4, 0.5) is 0 Å². The summed E-state index contributed by atoms with van der Waals surface area (Å²) in [6.45, 7) is 3.94. The number of rotatable bonds is 5. The van der Waals surface area contributed by atoms with Gasteiger partial charge in [-0.05, 0) is 30.9 Å². The number of aromatic nitrogens is 1. The highest BCUT2D eigenvalue weighted by Gasteiger charge is 2.30. The van der Waals surface area contributed by atoms with Gasteiger partial charge in [-0.3, -0.25) is 4.98 Å². The van der Waals surface area contributed by atoms with Gasteiger partial charge in [-0.1, -0.05) is 6.07 Å². The summed E-state index contributed by atoms with van der Waals surface area (Å²) in [4.78, 5) is 4.47. The van der Waals surface area contributed by atoms with Crippen molar-refractivity contribution in [2.24, 2.45) is 11.8 Å². The van der Waals surface area contributed by atoms with Gasteiger partial charge in [0.05, 0.1) is 6.61 Å². The summed E-state index contributed by atoms with van der Waals surface area (Å²) < 4.78 is 5.83. The molecule has 108 valence electrons. The fourth-order valence-corrected chi connectivity index (χ4v) is 2.52. The van der Waals surface area contributed by atoms with Gasteiger partial charge in [-0.2, -0.15) is 0 Å². The zero-order chi connectivity index (χ0) is 11.5. The molecule has 2 unspecified atom stereocenters. The van der Waals surface area contributed by atoms with Gasteiger partial charge in [0, 0.05) is 43.4 Å². The smallest absolute Gasteiger partial charge is 0.0513 e. The molecule has 1 saturated carbocycles. The molecule has 2 atom stereocenters. The maximum atomic E-state index is 5.83. The molecule has 0 bridgehead atoms. The number of nitrogens with zero attached hydrogens (tertiary/aromatic N) is 1. The number of ether oxygens (including phenoxy) is 1. The lowest BCUT2D eigenvalue weighted by atomic mass is 9.93. The van der Waals surface area contributed by atoms with Crippen LogP contribution in [0, 0.1) is 11.8 Å². The van der Waals surface area contributed by atoms with Crippen molar-refractivity contribution in [1.82, 2.24) is 10.3 Å². The molecule has 5 heteroatoms. The number of halogens is 2. The van der Waals surface area contributed by atoms with Crippen molar-refractivity contribution >= 4 is 24.8 Å². The molecular formula is C14H22Cl2N2O. The minimum Gasteiger partial charge on any atom is -0.381 e. The Bertz CT molecular complexity index is 360. The molecule has 0 aromatic carbocycles.